The normalized spacial score (nSPS) is 11.3. The molecule has 0 saturated carbocycles. The SMILES string of the molecule is Fc1ccc(-n2c(CCl)nc3ccc(F)c(F)c32)c(I)c1. The highest BCUT2D eigenvalue weighted by molar-refractivity contribution is 14.1. The van der Waals surface area contributed by atoms with Gasteiger partial charge in [0.15, 0.2) is 11.6 Å². The maximum Gasteiger partial charge on any atom is 0.185 e. The highest BCUT2D eigenvalue weighted by Gasteiger charge is 2.19. The lowest BCUT2D eigenvalue weighted by atomic mass is 10.2. The molecule has 1 aromatic heterocycles. The second kappa shape index (κ2) is 5.49. The van der Waals surface area contributed by atoms with Gasteiger partial charge in [0, 0.05) is 3.57 Å². The number of alkyl halides is 1. The number of nitrogens with zero attached hydrogens (tertiary/aromatic N) is 2. The zero-order chi connectivity index (χ0) is 15.1. The molecule has 0 aliphatic heterocycles. The average Bonchev–Trinajstić information content (AvgIpc) is 2.82. The van der Waals surface area contributed by atoms with Crippen LogP contribution in [0.3, 0.4) is 0 Å². The first-order chi connectivity index (χ1) is 10.0. The van der Waals surface area contributed by atoms with E-state index < -0.39 is 17.5 Å². The molecule has 0 fully saturated rings. The zero-order valence-electron chi connectivity index (χ0n) is 10.4. The van der Waals surface area contributed by atoms with Gasteiger partial charge in [-0.05, 0) is 52.9 Å². The summed E-state index contributed by atoms with van der Waals surface area (Å²) >= 11 is 7.78. The van der Waals surface area contributed by atoms with E-state index in [4.69, 9.17) is 11.6 Å². The predicted octanol–water partition coefficient (Wildman–Crippen LogP) is 4.79. The molecule has 0 bridgehead atoms. The van der Waals surface area contributed by atoms with Crippen LogP contribution in [0.5, 0.6) is 0 Å². The molecule has 3 rings (SSSR count). The molecule has 0 saturated heterocycles. The fourth-order valence-corrected chi connectivity index (χ4v) is 3.06. The van der Waals surface area contributed by atoms with E-state index in [0.29, 0.717) is 20.6 Å². The number of rotatable bonds is 2. The van der Waals surface area contributed by atoms with Gasteiger partial charge in [0.25, 0.3) is 0 Å². The van der Waals surface area contributed by atoms with Gasteiger partial charge < -0.3 is 0 Å². The van der Waals surface area contributed by atoms with Gasteiger partial charge >= 0.3 is 0 Å². The van der Waals surface area contributed by atoms with Crippen LogP contribution >= 0.6 is 34.2 Å². The molecule has 0 aliphatic carbocycles. The minimum Gasteiger partial charge on any atom is -0.291 e. The molecule has 2 aromatic carbocycles. The number of halogens is 5. The molecule has 0 radical (unpaired) electrons. The summed E-state index contributed by atoms with van der Waals surface area (Å²) in [7, 11) is 0. The van der Waals surface area contributed by atoms with Crippen molar-refractivity contribution in [3.63, 3.8) is 0 Å². The summed E-state index contributed by atoms with van der Waals surface area (Å²) in [5, 5.41) is 0. The van der Waals surface area contributed by atoms with Crippen molar-refractivity contribution in [2.45, 2.75) is 5.88 Å². The Morgan fingerprint density at radius 2 is 1.90 bits per heavy atom. The molecular formula is C14H7ClF3IN2. The predicted molar refractivity (Wildman–Crippen MR) is 83.2 cm³/mol. The molecule has 1 heterocycles. The van der Waals surface area contributed by atoms with Crippen LogP contribution in [0.2, 0.25) is 0 Å². The van der Waals surface area contributed by atoms with Crippen molar-refractivity contribution in [3.8, 4) is 5.69 Å². The van der Waals surface area contributed by atoms with Crippen molar-refractivity contribution in [1.82, 2.24) is 9.55 Å². The Kier molecular flexibility index (Phi) is 3.83. The molecular weight excluding hydrogens is 416 g/mol. The third-order valence-corrected chi connectivity index (χ3v) is 4.15. The van der Waals surface area contributed by atoms with Crippen LogP contribution in [0.25, 0.3) is 16.7 Å². The standard InChI is InChI=1S/C14H7ClF3IN2/c15-6-12-20-10-3-2-8(17)13(18)14(10)21(12)11-4-1-7(16)5-9(11)19/h1-5H,6H2. The number of benzene rings is 2. The molecule has 7 heteroatoms. The Hall–Kier alpha value is -1.28. The van der Waals surface area contributed by atoms with Crippen molar-refractivity contribution in [2.24, 2.45) is 0 Å². The molecule has 0 N–H and O–H groups in total. The van der Waals surface area contributed by atoms with Gasteiger partial charge in [-0.1, -0.05) is 0 Å². The van der Waals surface area contributed by atoms with Gasteiger partial charge in [-0.15, -0.1) is 11.6 Å². The number of fused-ring (bicyclic) bond motifs is 1. The van der Waals surface area contributed by atoms with E-state index in [1.807, 2.05) is 22.6 Å². The number of aromatic nitrogens is 2. The van der Waals surface area contributed by atoms with Gasteiger partial charge in [0.1, 0.15) is 17.2 Å². The molecule has 21 heavy (non-hydrogen) atoms. The lowest BCUT2D eigenvalue weighted by Crippen LogP contribution is -2.03. The summed E-state index contributed by atoms with van der Waals surface area (Å²) in [4.78, 5) is 4.20. The van der Waals surface area contributed by atoms with Crippen molar-refractivity contribution < 1.29 is 13.2 Å². The fourth-order valence-electron chi connectivity index (χ4n) is 2.16. The van der Waals surface area contributed by atoms with Crippen LogP contribution in [0, 0.1) is 21.0 Å². The lowest BCUT2D eigenvalue weighted by molar-refractivity contribution is 0.514. The lowest BCUT2D eigenvalue weighted by Gasteiger charge is -2.10. The largest absolute Gasteiger partial charge is 0.291 e. The van der Waals surface area contributed by atoms with E-state index in [9.17, 15) is 13.2 Å². The van der Waals surface area contributed by atoms with E-state index in [-0.39, 0.29) is 11.4 Å². The van der Waals surface area contributed by atoms with Crippen molar-refractivity contribution in [1.29, 1.82) is 0 Å². The fraction of sp³-hybridized carbons (Fsp3) is 0.0714. The van der Waals surface area contributed by atoms with Gasteiger partial charge in [0.05, 0.1) is 17.1 Å². The van der Waals surface area contributed by atoms with Crippen molar-refractivity contribution >= 4 is 45.2 Å². The smallest absolute Gasteiger partial charge is 0.185 e. The molecule has 2 nitrogen and oxygen atoms in total. The summed E-state index contributed by atoms with van der Waals surface area (Å²) in [6, 6.07) is 6.44. The molecule has 0 amide bonds. The second-order valence-corrected chi connectivity index (χ2v) is 5.75. The molecule has 0 atom stereocenters. The van der Waals surface area contributed by atoms with Gasteiger partial charge in [-0.3, -0.25) is 4.57 Å². The summed E-state index contributed by atoms with van der Waals surface area (Å²) in [6.45, 7) is 0. The zero-order valence-corrected chi connectivity index (χ0v) is 13.3. The topological polar surface area (TPSA) is 17.8 Å². The molecule has 0 aliphatic rings. The minimum absolute atomic E-state index is 0.00447. The van der Waals surface area contributed by atoms with E-state index >= 15 is 0 Å². The Morgan fingerprint density at radius 1 is 1.14 bits per heavy atom. The highest BCUT2D eigenvalue weighted by Crippen LogP contribution is 2.29. The molecule has 0 spiro atoms. The van der Waals surface area contributed by atoms with E-state index in [1.54, 1.807) is 0 Å². The van der Waals surface area contributed by atoms with Crippen molar-refractivity contribution in [2.75, 3.05) is 0 Å². The van der Waals surface area contributed by atoms with E-state index in [1.165, 1.54) is 28.8 Å². The Morgan fingerprint density at radius 3 is 2.57 bits per heavy atom. The number of imidazole rings is 1. The first-order valence-electron chi connectivity index (χ1n) is 5.89. The van der Waals surface area contributed by atoms with Crippen LogP contribution in [0.4, 0.5) is 13.2 Å². The quantitative estimate of drug-likeness (QED) is 0.429. The van der Waals surface area contributed by atoms with Gasteiger partial charge in [-0.25, -0.2) is 18.2 Å². The monoisotopic (exact) mass is 422 g/mol. The number of hydrogen-bond donors (Lipinski definition) is 0. The van der Waals surface area contributed by atoms with Crippen LogP contribution in [0.15, 0.2) is 30.3 Å². The summed E-state index contributed by atoms with van der Waals surface area (Å²) in [5.74, 6) is -2.01. The highest BCUT2D eigenvalue weighted by atomic mass is 127. The summed E-state index contributed by atoms with van der Waals surface area (Å²) in [5.41, 5.74) is 0.791. The maximum absolute atomic E-state index is 14.1. The second-order valence-electron chi connectivity index (χ2n) is 4.32. The Balaban J connectivity index is 2.42. The summed E-state index contributed by atoms with van der Waals surface area (Å²) < 4.78 is 42.9. The minimum atomic E-state index is -1.00. The maximum atomic E-state index is 14.1. The van der Waals surface area contributed by atoms with Crippen LogP contribution < -0.4 is 0 Å². The first-order valence-corrected chi connectivity index (χ1v) is 7.51. The third kappa shape index (κ3) is 2.40. The van der Waals surface area contributed by atoms with Crippen molar-refractivity contribution in [3.05, 3.63) is 57.2 Å². The third-order valence-electron chi connectivity index (χ3n) is 3.05. The molecule has 108 valence electrons. The van der Waals surface area contributed by atoms with Crippen LogP contribution in [-0.4, -0.2) is 9.55 Å². The molecule has 0 unspecified atom stereocenters. The van der Waals surface area contributed by atoms with Gasteiger partial charge in [-0.2, -0.15) is 0 Å². The van der Waals surface area contributed by atoms with E-state index in [2.05, 4.69) is 4.98 Å². The Labute approximate surface area is 136 Å². The van der Waals surface area contributed by atoms with Gasteiger partial charge in [0.2, 0.25) is 0 Å². The Bertz CT molecular complexity index is 848. The van der Waals surface area contributed by atoms with Crippen LogP contribution in [0.1, 0.15) is 5.82 Å². The van der Waals surface area contributed by atoms with E-state index in [0.717, 1.165) is 6.07 Å². The first kappa shape index (κ1) is 14.6. The van der Waals surface area contributed by atoms with Crippen LogP contribution in [-0.2, 0) is 5.88 Å². The summed E-state index contributed by atoms with van der Waals surface area (Å²) in [6.07, 6.45) is 0. The number of hydrogen-bond acceptors (Lipinski definition) is 1. The molecule has 3 aromatic rings. The average molecular weight is 423 g/mol.